The Balaban J connectivity index is 2.23. The summed E-state index contributed by atoms with van der Waals surface area (Å²) < 4.78 is 0. The van der Waals surface area contributed by atoms with Crippen molar-refractivity contribution >= 4 is 17.5 Å². The molecule has 1 aliphatic carbocycles. The van der Waals surface area contributed by atoms with Crippen LogP contribution in [0.4, 0.5) is 0 Å². The highest BCUT2D eigenvalue weighted by atomic mass is 35.5. The molecule has 4 nitrogen and oxygen atoms in total. The van der Waals surface area contributed by atoms with Crippen LogP contribution < -0.4 is 5.73 Å². The highest BCUT2D eigenvalue weighted by Gasteiger charge is 2.27. The Bertz CT molecular complexity index is 473. The van der Waals surface area contributed by atoms with E-state index >= 15 is 0 Å². The van der Waals surface area contributed by atoms with Crippen molar-refractivity contribution in [2.24, 2.45) is 5.73 Å². The van der Waals surface area contributed by atoms with E-state index in [1.54, 1.807) is 6.07 Å². The number of carbonyl (C=O) groups excluding carboxylic acids is 1. The number of hydrogen-bond donors (Lipinski definition) is 2. The molecule has 1 aromatic carbocycles. The molecule has 0 bridgehead atoms. The molecule has 0 radical (unpaired) electrons. The quantitative estimate of drug-likeness (QED) is 0.898. The van der Waals surface area contributed by atoms with Crippen molar-refractivity contribution in [3.8, 4) is 5.75 Å². The third-order valence-electron chi connectivity index (χ3n) is 3.83. The molecule has 0 unspecified atom stereocenters. The van der Waals surface area contributed by atoms with Crippen LogP contribution in [0.25, 0.3) is 0 Å². The van der Waals surface area contributed by atoms with Crippen LogP contribution in [0.15, 0.2) is 18.2 Å². The van der Waals surface area contributed by atoms with Crippen LogP contribution in [0.1, 0.15) is 42.5 Å². The molecular weight excluding hydrogens is 276 g/mol. The highest BCUT2D eigenvalue weighted by molar-refractivity contribution is 6.33. The lowest BCUT2D eigenvalue weighted by Gasteiger charge is -2.34. The fourth-order valence-corrected chi connectivity index (χ4v) is 3.01. The van der Waals surface area contributed by atoms with Gasteiger partial charge < -0.3 is 15.7 Å². The second kappa shape index (κ2) is 6.95. The molecule has 3 N–H and O–H groups in total. The minimum absolute atomic E-state index is 0.0501. The van der Waals surface area contributed by atoms with Crippen molar-refractivity contribution < 1.29 is 9.90 Å². The van der Waals surface area contributed by atoms with E-state index in [1.165, 1.54) is 18.6 Å². The van der Waals surface area contributed by atoms with Crippen LogP contribution in [-0.4, -0.2) is 35.0 Å². The summed E-state index contributed by atoms with van der Waals surface area (Å²) in [5.41, 5.74) is 6.00. The normalized spacial score (nSPS) is 16.1. The Labute approximate surface area is 124 Å². The Kier molecular flexibility index (Phi) is 5.26. The lowest BCUT2D eigenvalue weighted by atomic mass is 9.93. The van der Waals surface area contributed by atoms with Crippen LogP contribution in [-0.2, 0) is 0 Å². The number of benzene rings is 1. The van der Waals surface area contributed by atoms with Crippen molar-refractivity contribution in [3.63, 3.8) is 0 Å². The summed E-state index contributed by atoms with van der Waals surface area (Å²) in [6.07, 6.45) is 5.55. The summed E-state index contributed by atoms with van der Waals surface area (Å²) in [6.45, 7) is 0.953. The van der Waals surface area contributed by atoms with Crippen LogP contribution in [0.5, 0.6) is 5.75 Å². The average molecular weight is 297 g/mol. The fourth-order valence-electron chi connectivity index (χ4n) is 2.81. The number of phenols is 1. The first-order valence-electron chi connectivity index (χ1n) is 7.13. The Hall–Kier alpha value is -1.26. The number of rotatable bonds is 4. The molecule has 0 atom stereocenters. The van der Waals surface area contributed by atoms with E-state index in [-0.39, 0.29) is 17.7 Å². The Morgan fingerprint density at radius 1 is 1.35 bits per heavy atom. The first kappa shape index (κ1) is 15.1. The SMILES string of the molecule is NCCN(C(=O)c1cc(O)ccc1Cl)C1CCCCC1. The predicted octanol–water partition coefficient (Wildman–Crippen LogP) is 2.78. The van der Waals surface area contributed by atoms with Gasteiger partial charge in [-0.1, -0.05) is 30.9 Å². The monoisotopic (exact) mass is 296 g/mol. The number of nitrogens with zero attached hydrogens (tertiary/aromatic N) is 1. The summed E-state index contributed by atoms with van der Waals surface area (Å²) in [5, 5.41) is 9.92. The van der Waals surface area contributed by atoms with Gasteiger partial charge in [0, 0.05) is 19.1 Å². The van der Waals surface area contributed by atoms with E-state index in [0.29, 0.717) is 23.7 Å². The zero-order valence-corrected chi connectivity index (χ0v) is 12.3. The van der Waals surface area contributed by atoms with Gasteiger partial charge in [-0.25, -0.2) is 0 Å². The molecule has 0 spiro atoms. The number of phenolic OH excluding ortho intramolecular Hbond substituents is 1. The second-order valence-corrected chi connectivity index (χ2v) is 5.65. The molecule has 0 heterocycles. The predicted molar refractivity (Wildman–Crippen MR) is 80.1 cm³/mol. The van der Waals surface area contributed by atoms with Crippen molar-refractivity contribution in [2.75, 3.05) is 13.1 Å². The third-order valence-corrected chi connectivity index (χ3v) is 4.16. The molecule has 110 valence electrons. The minimum atomic E-state index is -0.136. The van der Waals surface area contributed by atoms with Crippen LogP contribution >= 0.6 is 11.6 Å². The van der Waals surface area contributed by atoms with Gasteiger partial charge in [-0.3, -0.25) is 4.79 Å². The molecule has 0 aliphatic heterocycles. The van der Waals surface area contributed by atoms with Gasteiger partial charge in [0.05, 0.1) is 10.6 Å². The van der Waals surface area contributed by atoms with Crippen molar-refractivity contribution in [2.45, 2.75) is 38.1 Å². The van der Waals surface area contributed by atoms with Gasteiger partial charge >= 0.3 is 0 Å². The first-order chi connectivity index (χ1) is 9.63. The van der Waals surface area contributed by atoms with Crippen molar-refractivity contribution in [1.29, 1.82) is 0 Å². The molecule has 1 saturated carbocycles. The van der Waals surface area contributed by atoms with Gasteiger partial charge in [-0.05, 0) is 31.0 Å². The molecule has 2 rings (SSSR count). The Morgan fingerprint density at radius 3 is 2.70 bits per heavy atom. The number of hydrogen-bond acceptors (Lipinski definition) is 3. The molecule has 1 aromatic rings. The molecule has 0 aromatic heterocycles. The van der Waals surface area contributed by atoms with E-state index < -0.39 is 0 Å². The molecular formula is C15H21ClN2O2. The number of carbonyl (C=O) groups is 1. The zero-order valence-electron chi connectivity index (χ0n) is 11.5. The summed E-state index contributed by atoms with van der Waals surface area (Å²) in [5.74, 6) is -0.0858. The molecule has 1 fully saturated rings. The number of nitrogens with two attached hydrogens (primary N) is 1. The molecule has 1 amide bonds. The smallest absolute Gasteiger partial charge is 0.255 e. The van der Waals surface area contributed by atoms with E-state index in [2.05, 4.69) is 0 Å². The summed E-state index contributed by atoms with van der Waals surface area (Å²) in [7, 11) is 0. The van der Waals surface area contributed by atoms with E-state index in [0.717, 1.165) is 25.7 Å². The van der Waals surface area contributed by atoms with Gasteiger partial charge in [0.2, 0.25) is 0 Å². The van der Waals surface area contributed by atoms with Gasteiger partial charge in [0.1, 0.15) is 5.75 Å². The number of aromatic hydroxyl groups is 1. The molecule has 20 heavy (non-hydrogen) atoms. The lowest BCUT2D eigenvalue weighted by Crippen LogP contribution is -2.44. The van der Waals surface area contributed by atoms with Gasteiger partial charge in [-0.15, -0.1) is 0 Å². The number of halogens is 1. The first-order valence-corrected chi connectivity index (χ1v) is 7.51. The average Bonchev–Trinajstić information content (AvgIpc) is 2.47. The van der Waals surface area contributed by atoms with Gasteiger partial charge in [0.15, 0.2) is 0 Å². The maximum absolute atomic E-state index is 12.7. The fraction of sp³-hybridized carbons (Fsp3) is 0.533. The van der Waals surface area contributed by atoms with Crippen LogP contribution in [0, 0.1) is 0 Å². The minimum Gasteiger partial charge on any atom is -0.508 e. The van der Waals surface area contributed by atoms with Gasteiger partial charge in [-0.2, -0.15) is 0 Å². The van der Waals surface area contributed by atoms with E-state index in [1.807, 2.05) is 4.90 Å². The molecule has 0 saturated heterocycles. The molecule has 1 aliphatic rings. The largest absolute Gasteiger partial charge is 0.508 e. The Morgan fingerprint density at radius 2 is 2.05 bits per heavy atom. The topological polar surface area (TPSA) is 66.6 Å². The van der Waals surface area contributed by atoms with Crippen molar-refractivity contribution in [3.05, 3.63) is 28.8 Å². The summed E-state index contributed by atoms with van der Waals surface area (Å²) in [6, 6.07) is 4.69. The maximum atomic E-state index is 12.7. The highest BCUT2D eigenvalue weighted by Crippen LogP contribution is 2.27. The standard InChI is InChI=1S/C15H21ClN2O2/c16-14-7-6-12(19)10-13(14)15(20)18(9-8-17)11-4-2-1-3-5-11/h6-7,10-11,19H,1-5,8-9,17H2. The maximum Gasteiger partial charge on any atom is 0.255 e. The third kappa shape index (κ3) is 3.44. The second-order valence-electron chi connectivity index (χ2n) is 5.24. The molecule has 5 heteroatoms. The summed E-state index contributed by atoms with van der Waals surface area (Å²) in [4.78, 5) is 14.5. The van der Waals surface area contributed by atoms with Crippen LogP contribution in [0.2, 0.25) is 5.02 Å². The number of amides is 1. The lowest BCUT2D eigenvalue weighted by molar-refractivity contribution is 0.0641. The van der Waals surface area contributed by atoms with E-state index in [9.17, 15) is 9.90 Å². The van der Waals surface area contributed by atoms with Gasteiger partial charge in [0.25, 0.3) is 5.91 Å². The van der Waals surface area contributed by atoms with Crippen molar-refractivity contribution in [1.82, 2.24) is 4.90 Å². The van der Waals surface area contributed by atoms with E-state index in [4.69, 9.17) is 17.3 Å². The summed E-state index contributed by atoms with van der Waals surface area (Å²) >= 11 is 6.08. The zero-order chi connectivity index (χ0) is 14.5. The van der Waals surface area contributed by atoms with Crippen LogP contribution in [0.3, 0.4) is 0 Å².